The van der Waals surface area contributed by atoms with Crippen molar-refractivity contribution in [1.82, 2.24) is 8.96 Å². The first-order chi connectivity index (χ1) is 24.6. The van der Waals surface area contributed by atoms with Crippen LogP contribution in [0.25, 0.3) is 16.7 Å². The van der Waals surface area contributed by atoms with Crippen LogP contribution >= 0.6 is 0 Å². The molecule has 0 unspecified atom stereocenters. The first-order valence-electron chi connectivity index (χ1n) is 18.4. The summed E-state index contributed by atoms with van der Waals surface area (Å²) in [6.07, 6.45) is 2.05. The fourth-order valence-corrected chi connectivity index (χ4v) is 7.95. The minimum Gasteiger partial charge on any atom is -0.400 e. The quantitative estimate of drug-likeness (QED) is 0.195. The van der Waals surface area contributed by atoms with Crippen molar-refractivity contribution >= 4 is 29.6 Å². The molecule has 2 aromatic heterocycles. The first kappa shape index (κ1) is 34.0. The molecular formula is C46H49BN4O. The standard InChI is InChI=1S/C46H49BN4O/c1-44(2,3)31-17-11-28(12-18-31)40-35-27-34(48)43(49-35)42(30-15-21-33(22-16-30)46(7,8)9)39-26-25-38-41(29-13-19-32(20-14-29)45(4,5)6)37-24-23-36(40)50(37)47(52-10)51(38)39/h11-27H,48H2,1-10H3. The maximum absolute atomic E-state index is 7.04. The number of hydrogen-bond acceptors (Lipinski definition) is 3. The van der Waals surface area contributed by atoms with Crippen molar-refractivity contribution in [2.45, 2.75) is 78.6 Å². The van der Waals surface area contributed by atoms with E-state index in [2.05, 4.69) is 174 Å². The Hall–Kier alpha value is -5.07. The molecule has 3 aliphatic rings. The van der Waals surface area contributed by atoms with Gasteiger partial charge >= 0.3 is 7.19 Å². The topological polar surface area (TPSA) is 57.5 Å². The molecule has 5 heterocycles. The zero-order valence-corrected chi connectivity index (χ0v) is 32.2. The molecule has 3 aliphatic heterocycles. The third-order valence-electron chi connectivity index (χ3n) is 10.9. The molecule has 5 nitrogen and oxygen atoms in total. The largest absolute Gasteiger partial charge is 0.557 e. The van der Waals surface area contributed by atoms with Crippen LogP contribution in [0.3, 0.4) is 0 Å². The molecule has 8 rings (SSSR count). The highest BCUT2D eigenvalue weighted by Gasteiger charge is 2.38. The Bertz CT molecular complexity index is 2470. The van der Waals surface area contributed by atoms with Gasteiger partial charge in [0.25, 0.3) is 0 Å². The lowest BCUT2D eigenvalue weighted by atomic mass is 9.84. The number of fused-ring (bicyclic) bond motifs is 1. The van der Waals surface area contributed by atoms with Gasteiger partial charge in [-0.2, -0.15) is 0 Å². The summed E-state index contributed by atoms with van der Waals surface area (Å²) in [7, 11) is 1.35. The lowest BCUT2D eigenvalue weighted by molar-refractivity contribution is 0.396. The molecule has 4 bridgehead atoms. The third-order valence-corrected chi connectivity index (χ3v) is 10.9. The van der Waals surface area contributed by atoms with E-state index in [9.17, 15) is 0 Å². The van der Waals surface area contributed by atoms with Crippen molar-refractivity contribution in [2.75, 3.05) is 7.11 Å². The second-order valence-corrected chi connectivity index (χ2v) is 17.6. The molecule has 262 valence electrons. The Morgan fingerprint density at radius 3 is 1.37 bits per heavy atom. The monoisotopic (exact) mass is 684 g/mol. The van der Waals surface area contributed by atoms with Crippen LogP contribution in [0.1, 0.15) is 107 Å². The highest BCUT2D eigenvalue weighted by atomic mass is 16.4. The van der Waals surface area contributed by atoms with Crippen molar-refractivity contribution in [3.63, 3.8) is 0 Å². The van der Waals surface area contributed by atoms with Gasteiger partial charge in [0.1, 0.15) is 0 Å². The summed E-state index contributed by atoms with van der Waals surface area (Å²) in [4.78, 5) is 5.42. The minimum absolute atomic E-state index is 0.0275. The third kappa shape index (κ3) is 5.38. The summed E-state index contributed by atoms with van der Waals surface area (Å²) >= 11 is 0. The molecule has 6 heteroatoms. The number of nitrogens with two attached hydrogens (primary N) is 1. The van der Waals surface area contributed by atoms with Crippen LogP contribution in [0.15, 0.2) is 120 Å². The highest BCUT2D eigenvalue weighted by Crippen LogP contribution is 2.39. The zero-order valence-electron chi connectivity index (χ0n) is 32.2. The van der Waals surface area contributed by atoms with Crippen LogP contribution in [-0.2, 0) is 20.9 Å². The second kappa shape index (κ2) is 11.7. The predicted octanol–water partition coefficient (Wildman–Crippen LogP) is 8.04. The predicted molar refractivity (Wildman–Crippen MR) is 217 cm³/mol. The number of rotatable bonds is 4. The van der Waals surface area contributed by atoms with E-state index in [4.69, 9.17) is 15.4 Å². The molecule has 52 heavy (non-hydrogen) atoms. The summed E-state index contributed by atoms with van der Waals surface area (Å²) in [5.41, 5.74) is 21.9. The van der Waals surface area contributed by atoms with Gasteiger partial charge in [0.05, 0.1) is 17.1 Å². The van der Waals surface area contributed by atoms with Crippen LogP contribution in [0.2, 0.25) is 0 Å². The van der Waals surface area contributed by atoms with Crippen molar-refractivity contribution in [3.8, 4) is 0 Å². The van der Waals surface area contributed by atoms with Gasteiger partial charge < -0.3 is 19.3 Å². The second-order valence-electron chi connectivity index (χ2n) is 17.6. The number of hydrogen-bond donors (Lipinski definition) is 1. The van der Waals surface area contributed by atoms with Gasteiger partial charge in [0.2, 0.25) is 0 Å². The molecule has 3 aromatic carbocycles. The van der Waals surface area contributed by atoms with Crippen LogP contribution in [-0.4, -0.2) is 29.0 Å². The van der Waals surface area contributed by atoms with Crippen LogP contribution < -0.4 is 16.4 Å². The van der Waals surface area contributed by atoms with E-state index in [1.807, 2.05) is 7.11 Å². The molecule has 0 saturated carbocycles. The van der Waals surface area contributed by atoms with E-state index in [0.29, 0.717) is 5.70 Å². The van der Waals surface area contributed by atoms with Gasteiger partial charge in [-0.25, -0.2) is 4.99 Å². The average molecular weight is 685 g/mol. The molecule has 0 spiro atoms. The van der Waals surface area contributed by atoms with Gasteiger partial charge in [0.15, 0.2) is 0 Å². The average Bonchev–Trinajstić information content (AvgIpc) is 3.81. The van der Waals surface area contributed by atoms with Gasteiger partial charge in [-0.3, -0.25) is 0 Å². The van der Waals surface area contributed by atoms with Crippen molar-refractivity contribution < 1.29 is 4.65 Å². The number of aliphatic imine (C=N–C) groups is 1. The van der Waals surface area contributed by atoms with Gasteiger partial charge in [-0.15, -0.1) is 0 Å². The Kier molecular flexibility index (Phi) is 7.68. The normalized spacial score (nSPS) is 15.7. The summed E-state index contributed by atoms with van der Waals surface area (Å²) in [5, 5.41) is 2.13. The molecule has 0 aliphatic carbocycles. The van der Waals surface area contributed by atoms with E-state index in [1.165, 1.54) is 16.7 Å². The van der Waals surface area contributed by atoms with Crippen LogP contribution in [0.4, 0.5) is 0 Å². The zero-order chi connectivity index (χ0) is 36.9. The van der Waals surface area contributed by atoms with Crippen molar-refractivity contribution in [3.05, 3.63) is 170 Å². The van der Waals surface area contributed by atoms with E-state index >= 15 is 0 Å². The van der Waals surface area contributed by atoms with Crippen molar-refractivity contribution in [1.29, 1.82) is 0 Å². The van der Waals surface area contributed by atoms with Gasteiger partial charge in [0, 0.05) is 45.9 Å². The lowest BCUT2D eigenvalue weighted by Gasteiger charge is -2.29. The maximum Gasteiger partial charge on any atom is 0.557 e. The molecule has 5 aromatic rings. The number of allylic oxidation sites excluding steroid dienone is 1. The molecule has 0 fully saturated rings. The number of benzene rings is 3. The fourth-order valence-electron chi connectivity index (χ4n) is 7.95. The van der Waals surface area contributed by atoms with E-state index < -0.39 is 7.19 Å². The minimum atomic E-state index is -0.454. The lowest BCUT2D eigenvalue weighted by Crippen LogP contribution is -2.52. The van der Waals surface area contributed by atoms with E-state index in [1.54, 1.807) is 0 Å². The Morgan fingerprint density at radius 1 is 0.519 bits per heavy atom. The molecular weight excluding hydrogens is 635 g/mol. The summed E-state index contributed by atoms with van der Waals surface area (Å²) in [6.45, 7) is 20.3. The van der Waals surface area contributed by atoms with Gasteiger partial charge in [-0.1, -0.05) is 135 Å². The molecule has 0 atom stereocenters. The Labute approximate surface area is 308 Å². The summed E-state index contributed by atoms with van der Waals surface area (Å²) in [6, 6.07) is 35.9. The molecule has 0 amide bonds. The Morgan fingerprint density at radius 2 is 0.923 bits per heavy atom. The smallest absolute Gasteiger partial charge is 0.400 e. The number of nitrogens with zero attached hydrogens (tertiary/aromatic N) is 3. The fraction of sp³-hybridized carbons (Fsp3) is 0.283. The van der Waals surface area contributed by atoms with Gasteiger partial charge in [-0.05, 0) is 80.0 Å². The van der Waals surface area contributed by atoms with Crippen molar-refractivity contribution in [2.24, 2.45) is 10.7 Å². The highest BCUT2D eigenvalue weighted by molar-refractivity contribution is 6.50. The summed E-state index contributed by atoms with van der Waals surface area (Å²) < 4.78 is 11.3. The van der Waals surface area contributed by atoms with Crippen LogP contribution in [0, 0.1) is 0 Å². The number of aromatic nitrogens is 2. The first-order valence-corrected chi connectivity index (χ1v) is 18.4. The van der Waals surface area contributed by atoms with E-state index in [0.717, 1.165) is 66.9 Å². The molecule has 0 saturated heterocycles. The molecule has 0 radical (unpaired) electrons. The Balaban J connectivity index is 1.50. The SMILES string of the molecule is COB1n2c3ccc2C(c2ccc(C(C)(C)C)cc2)=c2ccc(n21)=C(c1ccc(C(C)(C)C)cc1)C1=NC(=C3c2ccc(C(C)(C)C)cc2)C(N)=C1. The van der Waals surface area contributed by atoms with E-state index in [-0.39, 0.29) is 16.2 Å². The molecule has 2 N–H and O–H groups in total. The van der Waals surface area contributed by atoms with Crippen LogP contribution in [0.5, 0.6) is 0 Å². The summed E-state index contributed by atoms with van der Waals surface area (Å²) in [5.74, 6) is 0. The maximum atomic E-state index is 7.04.